The van der Waals surface area contributed by atoms with E-state index in [1.54, 1.807) is 16.8 Å². The highest BCUT2D eigenvalue weighted by atomic mass is 35.5. The second-order valence-corrected chi connectivity index (χ2v) is 7.07. The molecule has 0 radical (unpaired) electrons. The molecule has 0 unspecified atom stereocenters. The van der Waals surface area contributed by atoms with E-state index in [2.05, 4.69) is 15.4 Å². The summed E-state index contributed by atoms with van der Waals surface area (Å²) >= 11 is 12.2. The number of allylic oxidation sites excluding steroid dienone is 1. The minimum atomic E-state index is -0.492. The van der Waals surface area contributed by atoms with Crippen LogP contribution in [-0.4, -0.2) is 27.3 Å². The number of ether oxygens (including phenoxy) is 1. The Bertz CT molecular complexity index is 845. The van der Waals surface area contributed by atoms with Crippen LogP contribution in [-0.2, 0) is 9.53 Å². The number of nitrogens with one attached hydrogen (secondary N) is 1. The molecule has 1 aliphatic heterocycles. The van der Waals surface area contributed by atoms with Crippen molar-refractivity contribution in [1.29, 1.82) is 0 Å². The first kappa shape index (κ1) is 17.8. The highest BCUT2D eigenvalue weighted by Gasteiger charge is 2.34. The average molecular weight is 381 g/mol. The van der Waals surface area contributed by atoms with Gasteiger partial charge in [-0.25, -0.2) is 9.48 Å². The van der Waals surface area contributed by atoms with Gasteiger partial charge in [-0.15, -0.1) is 0 Å². The summed E-state index contributed by atoms with van der Waals surface area (Å²) in [6, 6.07) is 4.75. The molecular formula is C17H18Cl2N4O2. The van der Waals surface area contributed by atoms with Gasteiger partial charge in [0.05, 0.1) is 22.2 Å². The van der Waals surface area contributed by atoms with Crippen LogP contribution >= 0.6 is 23.2 Å². The number of aromatic nitrogens is 3. The highest BCUT2D eigenvalue weighted by molar-refractivity contribution is 6.42. The maximum absolute atomic E-state index is 12.7. The zero-order valence-corrected chi connectivity index (χ0v) is 15.6. The zero-order chi connectivity index (χ0) is 18.1. The number of halogens is 2. The summed E-state index contributed by atoms with van der Waals surface area (Å²) in [4.78, 5) is 16.9. The molecule has 0 saturated heterocycles. The molecule has 1 aromatic carbocycles. The van der Waals surface area contributed by atoms with E-state index in [1.807, 2.05) is 26.8 Å². The quantitative estimate of drug-likeness (QED) is 0.809. The fraction of sp³-hybridized carbons (Fsp3) is 0.353. The van der Waals surface area contributed by atoms with Crippen LogP contribution in [0.15, 0.2) is 35.8 Å². The van der Waals surface area contributed by atoms with Crippen LogP contribution in [0.4, 0.5) is 5.95 Å². The van der Waals surface area contributed by atoms with E-state index in [4.69, 9.17) is 27.9 Å². The summed E-state index contributed by atoms with van der Waals surface area (Å²) in [6.07, 6.45) is 1.43. The topological polar surface area (TPSA) is 69.0 Å². The minimum Gasteiger partial charge on any atom is -0.462 e. The molecule has 25 heavy (non-hydrogen) atoms. The Morgan fingerprint density at radius 2 is 2.12 bits per heavy atom. The van der Waals surface area contributed by atoms with Gasteiger partial charge in [0.1, 0.15) is 12.4 Å². The number of nitrogens with zero attached hydrogens (tertiary/aromatic N) is 3. The molecule has 2 heterocycles. The molecule has 1 aromatic heterocycles. The summed E-state index contributed by atoms with van der Waals surface area (Å²) < 4.78 is 7.09. The van der Waals surface area contributed by atoms with Crippen molar-refractivity contribution in [3.8, 4) is 0 Å². The van der Waals surface area contributed by atoms with Crippen LogP contribution in [0.5, 0.6) is 0 Å². The number of carbonyl (C=O) groups is 1. The fourth-order valence-electron chi connectivity index (χ4n) is 2.67. The van der Waals surface area contributed by atoms with Gasteiger partial charge in [-0.2, -0.15) is 10.1 Å². The van der Waals surface area contributed by atoms with Gasteiger partial charge in [0.25, 0.3) is 0 Å². The molecule has 0 amide bonds. The van der Waals surface area contributed by atoms with Gasteiger partial charge in [-0.3, -0.25) is 0 Å². The molecule has 3 rings (SSSR count). The molecule has 6 nitrogen and oxygen atoms in total. The van der Waals surface area contributed by atoms with E-state index in [-0.39, 0.29) is 5.92 Å². The van der Waals surface area contributed by atoms with E-state index in [0.29, 0.717) is 33.9 Å². The zero-order valence-electron chi connectivity index (χ0n) is 14.1. The number of anilines is 1. The van der Waals surface area contributed by atoms with Crippen molar-refractivity contribution in [2.75, 3.05) is 11.9 Å². The third-order valence-electron chi connectivity index (χ3n) is 3.82. The van der Waals surface area contributed by atoms with Crippen LogP contribution in [0.3, 0.4) is 0 Å². The lowest BCUT2D eigenvalue weighted by Gasteiger charge is -2.28. The lowest BCUT2D eigenvalue weighted by molar-refractivity contribution is -0.140. The van der Waals surface area contributed by atoms with E-state index in [1.165, 1.54) is 6.33 Å². The standard InChI is InChI=1S/C17H18Cl2N4O2/c1-9(2)7-25-16(24)14-10(3)22-17-20-8-21-23(17)15(14)11-4-5-12(18)13(19)6-11/h4-6,8-9,15H,7H2,1-3H3,(H,20,21,22)/t15-/m1/s1. The van der Waals surface area contributed by atoms with Crippen molar-refractivity contribution in [3.63, 3.8) is 0 Å². The molecule has 0 fully saturated rings. The molecule has 2 aromatic rings. The molecule has 1 N–H and O–H groups in total. The van der Waals surface area contributed by atoms with Crippen molar-refractivity contribution in [1.82, 2.24) is 14.8 Å². The molecule has 0 saturated carbocycles. The lowest BCUT2D eigenvalue weighted by atomic mass is 9.96. The van der Waals surface area contributed by atoms with Crippen molar-refractivity contribution >= 4 is 35.1 Å². The van der Waals surface area contributed by atoms with Crippen molar-refractivity contribution in [3.05, 3.63) is 51.4 Å². The fourth-order valence-corrected chi connectivity index (χ4v) is 2.97. The second-order valence-electron chi connectivity index (χ2n) is 6.26. The van der Waals surface area contributed by atoms with Crippen molar-refractivity contribution in [2.45, 2.75) is 26.8 Å². The Morgan fingerprint density at radius 1 is 1.36 bits per heavy atom. The molecule has 8 heteroatoms. The van der Waals surface area contributed by atoms with Gasteiger partial charge in [-0.1, -0.05) is 43.1 Å². The smallest absolute Gasteiger partial charge is 0.338 e. The number of hydrogen-bond acceptors (Lipinski definition) is 5. The van der Waals surface area contributed by atoms with E-state index in [9.17, 15) is 4.79 Å². The summed E-state index contributed by atoms with van der Waals surface area (Å²) in [6.45, 7) is 6.13. The van der Waals surface area contributed by atoms with Gasteiger partial charge in [-0.05, 0) is 30.5 Å². The second kappa shape index (κ2) is 7.06. The highest BCUT2D eigenvalue weighted by Crippen LogP contribution is 2.37. The summed E-state index contributed by atoms with van der Waals surface area (Å²) in [7, 11) is 0. The number of benzene rings is 1. The monoisotopic (exact) mass is 380 g/mol. The molecule has 0 bridgehead atoms. The Hall–Kier alpha value is -2.05. The number of fused-ring (bicyclic) bond motifs is 1. The number of rotatable bonds is 4. The van der Waals surface area contributed by atoms with Crippen molar-refractivity contribution < 1.29 is 9.53 Å². The molecular weight excluding hydrogens is 363 g/mol. The van der Waals surface area contributed by atoms with Crippen LogP contribution in [0.1, 0.15) is 32.4 Å². The Kier molecular flexibility index (Phi) is 5.01. The van der Waals surface area contributed by atoms with Crippen molar-refractivity contribution in [2.24, 2.45) is 5.92 Å². The van der Waals surface area contributed by atoms with Gasteiger partial charge in [0.2, 0.25) is 5.95 Å². The van der Waals surface area contributed by atoms with Crippen LogP contribution in [0.2, 0.25) is 10.0 Å². The summed E-state index contributed by atoms with van der Waals surface area (Å²) in [5, 5.41) is 8.20. The Morgan fingerprint density at radius 3 is 2.80 bits per heavy atom. The van der Waals surface area contributed by atoms with Crippen LogP contribution in [0, 0.1) is 5.92 Å². The summed E-state index contributed by atoms with van der Waals surface area (Å²) in [5.74, 6) is 0.400. The predicted octanol–water partition coefficient (Wildman–Crippen LogP) is 4.07. The van der Waals surface area contributed by atoms with E-state index < -0.39 is 12.0 Å². The van der Waals surface area contributed by atoms with Crippen LogP contribution < -0.4 is 5.32 Å². The van der Waals surface area contributed by atoms with Gasteiger partial charge in [0.15, 0.2) is 0 Å². The predicted molar refractivity (Wildman–Crippen MR) is 96.7 cm³/mol. The SMILES string of the molecule is CC1=C(C(=O)OCC(C)C)[C@@H](c2ccc(Cl)c(Cl)c2)n2ncnc2N1. The first-order valence-corrected chi connectivity index (χ1v) is 8.63. The summed E-state index contributed by atoms with van der Waals surface area (Å²) in [5.41, 5.74) is 1.92. The number of esters is 1. The number of hydrogen-bond donors (Lipinski definition) is 1. The molecule has 0 aliphatic carbocycles. The average Bonchev–Trinajstić information content (AvgIpc) is 3.01. The third kappa shape index (κ3) is 3.50. The first-order chi connectivity index (χ1) is 11.9. The third-order valence-corrected chi connectivity index (χ3v) is 4.56. The molecule has 0 spiro atoms. The van der Waals surface area contributed by atoms with E-state index in [0.717, 1.165) is 5.56 Å². The molecule has 1 aliphatic rings. The maximum Gasteiger partial charge on any atom is 0.338 e. The largest absolute Gasteiger partial charge is 0.462 e. The minimum absolute atomic E-state index is 0.242. The van der Waals surface area contributed by atoms with Gasteiger partial charge in [0, 0.05) is 5.70 Å². The van der Waals surface area contributed by atoms with Gasteiger partial charge < -0.3 is 10.1 Å². The first-order valence-electron chi connectivity index (χ1n) is 7.88. The number of carbonyl (C=O) groups excluding carboxylic acids is 1. The maximum atomic E-state index is 12.7. The Labute approximate surface area is 155 Å². The van der Waals surface area contributed by atoms with Crippen LogP contribution in [0.25, 0.3) is 0 Å². The van der Waals surface area contributed by atoms with Gasteiger partial charge >= 0.3 is 5.97 Å². The Balaban J connectivity index is 2.06. The van der Waals surface area contributed by atoms with E-state index >= 15 is 0 Å². The molecule has 1 atom stereocenters. The lowest BCUT2D eigenvalue weighted by Crippen LogP contribution is -2.30. The normalized spacial score (nSPS) is 16.6. The molecule has 132 valence electrons.